The molecule has 10 heteroatoms. The Morgan fingerprint density at radius 2 is 2.11 bits per heavy atom. The summed E-state index contributed by atoms with van der Waals surface area (Å²) in [6.07, 6.45) is 9.19. The monoisotopic (exact) mass is 502 g/mol. The summed E-state index contributed by atoms with van der Waals surface area (Å²) in [5, 5.41) is 9.09. The number of rotatable bonds is 4. The molecule has 1 aliphatic carbocycles. The predicted octanol–water partition coefficient (Wildman–Crippen LogP) is 3.17. The van der Waals surface area contributed by atoms with Crippen molar-refractivity contribution in [3.63, 3.8) is 0 Å². The normalized spacial score (nSPS) is 23.5. The molecule has 0 saturated carbocycles. The average molecular weight is 503 g/mol. The van der Waals surface area contributed by atoms with E-state index in [0.29, 0.717) is 18.0 Å². The van der Waals surface area contributed by atoms with Crippen LogP contribution in [0.3, 0.4) is 0 Å². The Balaban J connectivity index is 1.20. The van der Waals surface area contributed by atoms with Crippen molar-refractivity contribution < 1.29 is 4.79 Å². The Kier molecular flexibility index (Phi) is 4.97. The first-order chi connectivity index (χ1) is 17.5. The molecule has 0 radical (unpaired) electrons. The topological polar surface area (TPSA) is 81.9 Å². The van der Waals surface area contributed by atoms with Gasteiger partial charge in [0, 0.05) is 56.3 Å². The maximum atomic E-state index is 13.5. The number of nitrogens with one attached hydrogen (secondary N) is 1. The number of piperazine rings is 1. The first-order valence-corrected chi connectivity index (χ1v) is 13.5. The van der Waals surface area contributed by atoms with Crippen LogP contribution >= 0.6 is 11.3 Å². The van der Waals surface area contributed by atoms with Gasteiger partial charge >= 0.3 is 0 Å². The molecular weight excluding hydrogens is 472 g/mol. The molecule has 2 saturated heterocycles. The zero-order chi connectivity index (χ0) is 24.6. The summed E-state index contributed by atoms with van der Waals surface area (Å²) >= 11 is 1.72. The predicted molar refractivity (Wildman–Crippen MR) is 142 cm³/mol. The van der Waals surface area contributed by atoms with Gasteiger partial charge in [-0.2, -0.15) is 5.10 Å². The number of hydrogen-bond acceptors (Lipinski definition) is 8. The zero-order valence-corrected chi connectivity index (χ0v) is 21.6. The number of pyridine rings is 1. The number of aryl methyl sites for hydroxylation is 1. The molecule has 9 nitrogen and oxygen atoms in total. The van der Waals surface area contributed by atoms with Crippen molar-refractivity contribution >= 4 is 50.2 Å². The van der Waals surface area contributed by atoms with Crippen LogP contribution in [0, 0.1) is 5.92 Å². The fraction of sp³-hybridized carbons (Fsp3) is 0.462. The third kappa shape index (κ3) is 3.38. The standard InChI is InChI=1S/C26H30N8OS/c1-31(2)21-13-34-16(6-7-29-34)10-20(21)30-24-23-19-5-4-15(8-22(19)36-25(23)28-14-27-24)26(35)33-12-17-9-18(33)11-32(17)3/h6-7,10,13-15,17-18H,4-5,8-9,11-12H2,1-3H3,(H,27,28,30)/t15-,17?,18+/m0/s1. The molecule has 0 aromatic carbocycles. The smallest absolute Gasteiger partial charge is 0.226 e. The number of amides is 1. The molecular formula is C26H30N8OS. The molecule has 2 fully saturated rings. The van der Waals surface area contributed by atoms with Crippen molar-refractivity contribution in [2.45, 2.75) is 37.8 Å². The minimum atomic E-state index is 0.0733. The maximum Gasteiger partial charge on any atom is 0.226 e. The number of anilines is 3. The van der Waals surface area contributed by atoms with Gasteiger partial charge in [-0.3, -0.25) is 9.69 Å². The Morgan fingerprint density at radius 1 is 1.22 bits per heavy atom. The minimum Gasteiger partial charge on any atom is -0.375 e. The quantitative estimate of drug-likeness (QED) is 0.459. The largest absolute Gasteiger partial charge is 0.375 e. The van der Waals surface area contributed by atoms with Gasteiger partial charge < -0.3 is 15.1 Å². The van der Waals surface area contributed by atoms with Gasteiger partial charge in [0.1, 0.15) is 17.0 Å². The molecule has 2 aliphatic heterocycles. The summed E-state index contributed by atoms with van der Waals surface area (Å²) in [6, 6.07) is 5.04. The highest BCUT2D eigenvalue weighted by Gasteiger charge is 2.45. The van der Waals surface area contributed by atoms with E-state index in [4.69, 9.17) is 0 Å². The summed E-state index contributed by atoms with van der Waals surface area (Å²) in [5.74, 6) is 1.26. The molecule has 2 bridgehead atoms. The third-order valence-corrected chi connectivity index (χ3v) is 9.40. The van der Waals surface area contributed by atoms with Gasteiger partial charge in [0.2, 0.25) is 5.91 Å². The van der Waals surface area contributed by atoms with E-state index in [0.717, 1.165) is 71.7 Å². The lowest BCUT2D eigenvalue weighted by Gasteiger charge is -2.35. The van der Waals surface area contributed by atoms with E-state index in [1.54, 1.807) is 23.9 Å². The van der Waals surface area contributed by atoms with Crippen LogP contribution < -0.4 is 10.2 Å². The molecule has 1 amide bonds. The molecule has 6 heterocycles. The highest BCUT2D eigenvalue weighted by Crippen LogP contribution is 2.42. The first-order valence-electron chi connectivity index (χ1n) is 12.6. The molecule has 3 aliphatic rings. The van der Waals surface area contributed by atoms with Crippen molar-refractivity contribution in [3.8, 4) is 0 Å². The lowest BCUT2D eigenvalue weighted by Crippen LogP contribution is -2.49. The Bertz CT molecular complexity index is 1490. The number of fused-ring (bicyclic) bond motifs is 6. The number of aromatic nitrogens is 4. The Morgan fingerprint density at radius 3 is 2.89 bits per heavy atom. The third-order valence-electron chi connectivity index (χ3n) is 8.24. The van der Waals surface area contributed by atoms with Crippen molar-refractivity contribution in [1.29, 1.82) is 0 Å². The molecule has 0 spiro atoms. The first kappa shape index (κ1) is 22.0. The van der Waals surface area contributed by atoms with E-state index in [-0.39, 0.29) is 5.92 Å². The van der Waals surface area contributed by atoms with E-state index in [1.165, 1.54) is 10.4 Å². The van der Waals surface area contributed by atoms with Gasteiger partial charge in [0.25, 0.3) is 0 Å². The number of carbonyl (C=O) groups excluding carboxylic acids is 1. The van der Waals surface area contributed by atoms with Gasteiger partial charge in [0.15, 0.2) is 0 Å². The van der Waals surface area contributed by atoms with Crippen LogP contribution in [-0.2, 0) is 17.6 Å². The number of thiophene rings is 1. The number of carbonyl (C=O) groups is 1. The Hall–Kier alpha value is -3.24. The fourth-order valence-corrected chi connectivity index (χ4v) is 7.59. The van der Waals surface area contributed by atoms with E-state index in [1.807, 2.05) is 30.9 Å². The van der Waals surface area contributed by atoms with Crippen molar-refractivity contribution in [3.05, 3.63) is 41.3 Å². The van der Waals surface area contributed by atoms with Crippen LogP contribution in [-0.4, -0.2) is 81.6 Å². The average Bonchev–Trinajstić information content (AvgIpc) is 3.64. The molecule has 7 rings (SSSR count). The van der Waals surface area contributed by atoms with Gasteiger partial charge in [-0.25, -0.2) is 14.5 Å². The van der Waals surface area contributed by atoms with E-state index >= 15 is 0 Å². The number of likely N-dealkylation sites (tertiary alicyclic amines) is 2. The summed E-state index contributed by atoms with van der Waals surface area (Å²) in [7, 11) is 6.23. The number of likely N-dealkylation sites (N-methyl/N-ethyl adjacent to an activating group) is 1. The lowest BCUT2D eigenvalue weighted by molar-refractivity contribution is -0.138. The molecule has 1 unspecified atom stereocenters. The van der Waals surface area contributed by atoms with E-state index in [9.17, 15) is 4.79 Å². The van der Waals surface area contributed by atoms with Crippen molar-refractivity contribution in [1.82, 2.24) is 29.4 Å². The molecule has 3 atom stereocenters. The molecule has 36 heavy (non-hydrogen) atoms. The molecule has 1 N–H and O–H groups in total. The van der Waals surface area contributed by atoms with Gasteiger partial charge in [-0.1, -0.05) is 0 Å². The van der Waals surface area contributed by atoms with Crippen LogP contribution in [0.2, 0.25) is 0 Å². The molecule has 4 aromatic rings. The second kappa shape index (κ2) is 8.14. The summed E-state index contributed by atoms with van der Waals surface area (Å²) < 4.78 is 1.88. The summed E-state index contributed by atoms with van der Waals surface area (Å²) in [5.41, 5.74) is 4.33. The van der Waals surface area contributed by atoms with Crippen molar-refractivity contribution in [2.24, 2.45) is 5.92 Å². The highest BCUT2D eigenvalue weighted by molar-refractivity contribution is 7.19. The molecule has 186 valence electrons. The van der Waals surface area contributed by atoms with Crippen LogP contribution in [0.25, 0.3) is 15.7 Å². The number of hydrogen-bond donors (Lipinski definition) is 1. The number of nitrogens with zero attached hydrogens (tertiary/aromatic N) is 7. The van der Waals surface area contributed by atoms with Crippen molar-refractivity contribution in [2.75, 3.05) is 44.4 Å². The van der Waals surface area contributed by atoms with Crippen LogP contribution in [0.1, 0.15) is 23.3 Å². The maximum absolute atomic E-state index is 13.5. The highest BCUT2D eigenvalue weighted by atomic mass is 32.1. The van der Waals surface area contributed by atoms with E-state index < -0.39 is 0 Å². The van der Waals surface area contributed by atoms with Crippen LogP contribution in [0.4, 0.5) is 17.2 Å². The molecule has 4 aromatic heterocycles. The SMILES string of the molecule is CN(C)c1cn2nccc2cc1Nc1ncnc2sc3c(c12)CC[C@H](C(=O)N1CC2C[C@@H]1CN2C)C3. The second-order valence-electron chi connectivity index (χ2n) is 10.6. The van der Waals surface area contributed by atoms with Gasteiger partial charge in [-0.05, 0) is 50.4 Å². The summed E-state index contributed by atoms with van der Waals surface area (Å²) in [4.78, 5) is 31.7. The minimum absolute atomic E-state index is 0.0733. The lowest BCUT2D eigenvalue weighted by atomic mass is 9.86. The van der Waals surface area contributed by atoms with Crippen LogP contribution in [0.15, 0.2) is 30.9 Å². The van der Waals surface area contributed by atoms with E-state index in [2.05, 4.69) is 48.2 Å². The zero-order valence-electron chi connectivity index (χ0n) is 20.8. The second-order valence-corrected chi connectivity index (χ2v) is 11.7. The Labute approximate surface area is 213 Å². The summed E-state index contributed by atoms with van der Waals surface area (Å²) in [6.45, 7) is 1.91. The van der Waals surface area contributed by atoms with Crippen LogP contribution in [0.5, 0.6) is 0 Å². The van der Waals surface area contributed by atoms with Gasteiger partial charge in [-0.15, -0.1) is 11.3 Å². The van der Waals surface area contributed by atoms with Gasteiger partial charge in [0.05, 0.1) is 28.5 Å². The fourth-order valence-electron chi connectivity index (χ4n) is 6.32.